The van der Waals surface area contributed by atoms with E-state index in [1.54, 1.807) is 0 Å². The van der Waals surface area contributed by atoms with Gasteiger partial charge in [0, 0.05) is 32.2 Å². The number of hydrogen-bond acceptors (Lipinski definition) is 4. The second-order valence-electron chi connectivity index (χ2n) is 5.12. The lowest BCUT2D eigenvalue weighted by Crippen LogP contribution is -2.49. The van der Waals surface area contributed by atoms with Crippen molar-refractivity contribution in [1.29, 1.82) is 0 Å². The molecule has 0 radical (unpaired) electrons. The molecule has 0 spiro atoms. The number of pyridine rings is 1. The molecule has 1 aromatic rings. The average Bonchev–Trinajstić information content (AvgIpc) is 2.41. The Labute approximate surface area is 110 Å². The Balaban J connectivity index is 1.99. The van der Waals surface area contributed by atoms with Crippen LogP contribution in [0.4, 0.5) is 11.5 Å². The average molecular weight is 248 g/mol. The van der Waals surface area contributed by atoms with Gasteiger partial charge in [-0.25, -0.2) is 4.98 Å². The molecule has 0 bridgehead atoms. The lowest BCUT2D eigenvalue weighted by atomic mass is 10.2. The van der Waals surface area contributed by atoms with Gasteiger partial charge in [-0.1, -0.05) is 6.92 Å². The van der Waals surface area contributed by atoms with Crippen molar-refractivity contribution in [2.24, 2.45) is 0 Å². The molecule has 1 saturated heterocycles. The number of anilines is 2. The highest BCUT2D eigenvalue weighted by atomic mass is 15.3. The van der Waals surface area contributed by atoms with E-state index in [1.807, 2.05) is 19.1 Å². The normalized spacial score (nSPS) is 18.9. The number of aromatic nitrogens is 1. The van der Waals surface area contributed by atoms with Crippen molar-refractivity contribution in [3.63, 3.8) is 0 Å². The van der Waals surface area contributed by atoms with Gasteiger partial charge in [0.05, 0.1) is 11.4 Å². The van der Waals surface area contributed by atoms with Crippen LogP contribution in [0, 0.1) is 6.92 Å². The van der Waals surface area contributed by atoms with Gasteiger partial charge < -0.3 is 10.6 Å². The fourth-order valence-corrected chi connectivity index (χ4v) is 2.38. The van der Waals surface area contributed by atoms with Crippen molar-refractivity contribution in [2.75, 3.05) is 36.8 Å². The van der Waals surface area contributed by atoms with E-state index in [9.17, 15) is 0 Å². The van der Waals surface area contributed by atoms with Crippen LogP contribution in [0.1, 0.15) is 26.0 Å². The molecule has 0 amide bonds. The summed E-state index contributed by atoms with van der Waals surface area (Å²) >= 11 is 0. The number of nitrogens with zero attached hydrogens (tertiary/aromatic N) is 3. The molecule has 0 aromatic carbocycles. The molecule has 2 heterocycles. The summed E-state index contributed by atoms with van der Waals surface area (Å²) in [5.74, 6) is 1.06. The van der Waals surface area contributed by atoms with Crippen LogP contribution in [0.3, 0.4) is 0 Å². The van der Waals surface area contributed by atoms with E-state index >= 15 is 0 Å². The maximum absolute atomic E-state index is 5.81. The molecule has 1 fully saturated rings. The second kappa shape index (κ2) is 5.57. The first-order chi connectivity index (χ1) is 8.61. The summed E-state index contributed by atoms with van der Waals surface area (Å²) in [5.41, 5.74) is 7.51. The molecule has 0 saturated carbocycles. The highest BCUT2D eigenvalue weighted by molar-refractivity contribution is 5.50. The van der Waals surface area contributed by atoms with Crippen LogP contribution in [0.2, 0.25) is 0 Å². The van der Waals surface area contributed by atoms with E-state index < -0.39 is 0 Å². The maximum atomic E-state index is 5.81. The lowest BCUT2D eigenvalue weighted by molar-refractivity contribution is 0.192. The molecule has 0 aliphatic carbocycles. The van der Waals surface area contributed by atoms with E-state index in [0.717, 1.165) is 43.4 Å². The van der Waals surface area contributed by atoms with Crippen LogP contribution in [-0.4, -0.2) is 42.1 Å². The molecule has 18 heavy (non-hydrogen) atoms. The zero-order valence-corrected chi connectivity index (χ0v) is 11.7. The summed E-state index contributed by atoms with van der Waals surface area (Å²) in [6.45, 7) is 10.9. The number of hydrogen-bond donors (Lipinski definition) is 1. The zero-order valence-electron chi connectivity index (χ0n) is 11.7. The Morgan fingerprint density at radius 1 is 1.28 bits per heavy atom. The topological polar surface area (TPSA) is 45.4 Å². The van der Waals surface area contributed by atoms with Crippen molar-refractivity contribution in [3.8, 4) is 0 Å². The number of rotatable bonds is 3. The molecule has 4 nitrogen and oxygen atoms in total. The number of nitrogens with two attached hydrogens (primary N) is 1. The van der Waals surface area contributed by atoms with Crippen LogP contribution in [0.25, 0.3) is 0 Å². The van der Waals surface area contributed by atoms with Gasteiger partial charge in [-0.15, -0.1) is 0 Å². The van der Waals surface area contributed by atoms with Crippen LogP contribution in [0.15, 0.2) is 12.1 Å². The summed E-state index contributed by atoms with van der Waals surface area (Å²) in [6, 6.07) is 4.67. The predicted molar refractivity (Wildman–Crippen MR) is 76.9 cm³/mol. The smallest absolute Gasteiger partial charge is 0.129 e. The molecular weight excluding hydrogens is 224 g/mol. The van der Waals surface area contributed by atoms with E-state index in [2.05, 4.69) is 28.6 Å². The quantitative estimate of drug-likeness (QED) is 0.887. The molecule has 1 atom stereocenters. The van der Waals surface area contributed by atoms with Gasteiger partial charge >= 0.3 is 0 Å². The highest BCUT2D eigenvalue weighted by Crippen LogP contribution is 2.18. The van der Waals surface area contributed by atoms with E-state index in [0.29, 0.717) is 6.04 Å². The molecule has 1 aromatic heterocycles. The maximum Gasteiger partial charge on any atom is 0.129 e. The lowest BCUT2D eigenvalue weighted by Gasteiger charge is -2.38. The SMILES string of the molecule is CCC(C)N1CCN(c2ccc(N)c(C)n2)CC1. The third kappa shape index (κ3) is 2.75. The first-order valence-electron chi connectivity index (χ1n) is 6.84. The monoisotopic (exact) mass is 248 g/mol. The minimum atomic E-state index is 0.688. The second-order valence-corrected chi connectivity index (χ2v) is 5.12. The van der Waals surface area contributed by atoms with Crippen molar-refractivity contribution in [2.45, 2.75) is 33.2 Å². The van der Waals surface area contributed by atoms with Crippen molar-refractivity contribution < 1.29 is 0 Å². The predicted octanol–water partition coefficient (Wildman–Crippen LogP) is 1.89. The molecule has 2 N–H and O–H groups in total. The molecule has 1 aliphatic heterocycles. The van der Waals surface area contributed by atoms with Gasteiger partial charge in [0.15, 0.2) is 0 Å². The largest absolute Gasteiger partial charge is 0.397 e. The Hall–Kier alpha value is -1.29. The van der Waals surface area contributed by atoms with Crippen LogP contribution in [-0.2, 0) is 0 Å². The van der Waals surface area contributed by atoms with Gasteiger partial charge in [-0.3, -0.25) is 4.90 Å². The third-order valence-electron chi connectivity index (χ3n) is 3.96. The number of nitrogen functional groups attached to an aromatic ring is 1. The molecule has 100 valence electrons. The summed E-state index contributed by atoms with van der Waals surface area (Å²) < 4.78 is 0. The van der Waals surface area contributed by atoms with Crippen LogP contribution >= 0.6 is 0 Å². The van der Waals surface area contributed by atoms with Crippen molar-refractivity contribution in [1.82, 2.24) is 9.88 Å². The van der Waals surface area contributed by atoms with E-state index in [-0.39, 0.29) is 0 Å². The Morgan fingerprint density at radius 3 is 2.50 bits per heavy atom. The van der Waals surface area contributed by atoms with Crippen LogP contribution < -0.4 is 10.6 Å². The molecule has 4 heteroatoms. The zero-order chi connectivity index (χ0) is 13.1. The summed E-state index contributed by atoms with van der Waals surface area (Å²) in [5, 5.41) is 0. The summed E-state index contributed by atoms with van der Waals surface area (Å²) in [4.78, 5) is 9.48. The Bertz CT molecular complexity index is 397. The third-order valence-corrected chi connectivity index (χ3v) is 3.96. The number of aryl methyl sites for hydroxylation is 1. The van der Waals surface area contributed by atoms with Gasteiger partial charge in [-0.2, -0.15) is 0 Å². The van der Waals surface area contributed by atoms with Crippen molar-refractivity contribution in [3.05, 3.63) is 17.8 Å². The van der Waals surface area contributed by atoms with Crippen molar-refractivity contribution >= 4 is 11.5 Å². The van der Waals surface area contributed by atoms with E-state index in [1.165, 1.54) is 6.42 Å². The van der Waals surface area contributed by atoms with E-state index in [4.69, 9.17) is 5.73 Å². The Kier molecular flexibility index (Phi) is 4.07. The number of piperazine rings is 1. The highest BCUT2D eigenvalue weighted by Gasteiger charge is 2.20. The first kappa shape index (κ1) is 13.1. The molecule has 1 unspecified atom stereocenters. The molecule has 1 aliphatic rings. The Morgan fingerprint density at radius 2 is 1.94 bits per heavy atom. The standard InChI is InChI=1S/C14H24N4/c1-4-11(2)17-7-9-18(10-8-17)14-6-5-13(15)12(3)16-14/h5-6,11H,4,7-10,15H2,1-3H3. The first-order valence-corrected chi connectivity index (χ1v) is 6.84. The van der Waals surface area contributed by atoms with Gasteiger partial charge in [-0.05, 0) is 32.4 Å². The van der Waals surface area contributed by atoms with Gasteiger partial charge in [0.1, 0.15) is 5.82 Å². The van der Waals surface area contributed by atoms with Crippen LogP contribution in [0.5, 0.6) is 0 Å². The minimum absolute atomic E-state index is 0.688. The summed E-state index contributed by atoms with van der Waals surface area (Å²) in [7, 11) is 0. The molecule has 2 rings (SSSR count). The van der Waals surface area contributed by atoms with Gasteiger partial charge in [0.25, 0.3) is 0 Å². The van der Waals surface area contributed by atoms with Gasteiger partial charge in [0.2, 0.25) is 0 Å². The minimum Gasteiger partial charge on any atom is -0.397 e. The summed E-state index contributed by atoms with van der Waals surface area (Å²) in [6.07, 6.45) is 1.22. The fraction of sp³-hybridized carbons (Fsp3) is 0.643. The molecular formula is C14H24N4. The fourth-order valence-electron chi connectivity index (χ4n) is 2.38.